The molecule has 7 nitrogen and oxygen atoms in total. The van der Waals surface area contributed by atoms with E-state index in [0.717, 1.165) is 18.7 Å². The molecule has 2 aromatic heterocycles. The Hall–Kier alpha value is -2.18. The van der Waals surface area contributed by atoms with Gasteiger partial charge in [0.25, 0.3) is 0 Å². The summed E-state index contributed by atoms with van der Waals surface area (Å²) in [7, 11) is 0. The molecule has 106 valence electrons. The molecule has 3 rings (SSSR count). The largest absolute Gasteiger partial charge is 0.370 e. The molecule has 0 amide bonds. The van der Waals surface area contributed by atoms with Crippen molar-refractivity contribution in [3.63, 3.8) is 0 Å². The first-order valence-corrected chi connectivity index (χ1v) is 7.05. The van der Waals surface area contributed by atoms with Gasteiger partial charge in [0.05, 0.1) is 0 Å². The molecule has 0 saturated carbocycles. The minimum atomic E-state index is 0.403. The van der Waals surface area contributed by atoms with Gasteiger partial charge >= 0.3 is 0 Å². The molecule has 0 bridgehead atoms. The van der Waals surface area contributed by atoms with Crippen molar-refractivity contribution in [3.8, 4) is 0 Å². The molecule has 1 fully saturated rings. The maximum absolute atomic E-state index is 6.08. The summed E-state index contributed by atoms with van der Waals surface area (Å²) in [5.74, 6) is 1.30. The summed E-state index contributed by atoms with van der Waals surface area (Å²) < 4.78 is 1.69. The highest BCUT2D eigenvalue weighted by Crippen LogP contribution is 2.09. The molecule has 1 aliphatic heterocycles. The standard InChI is InChI=1S/C13H19N7/c14-13(19-8-3-1-2-4-9-19)15-10-12-18-17-11-6-5-7-16-20(11)12/h5-7H,1-4,8-10H2,(H2,14,15). The van der Waals surface area contributed by atoms with E-state index >= 15 is 0 Å². The van der Waals surface area contributed by atoms with Crippen LogP contribution in [0, 0.1) is 0 Å². The Labute approximate surface area is 117 Å². The fourth-order valence-electron chi connectivity index (χ4n) is 2.44. The van der Waals surface area contributed by atoms with E-state index in [0.29, 0.717) is 18.3 Å². The average molecular weight is 273 g/mol. The van der Waals surface area contributed by atoms with Crippen LogP contribution in [0.25, 0.3) is 5.65 Å². The Balaban J connectivity index is 1.72. The van der Waals surface area contributed by atoms with Crippen LogP contribution in [0.2, 0.25) is 0 Å². The number of aliphatic imine (C=N–C) groups is 1. The number of nitrogens with zero attached hydrogens (tertiary/aromatic N) is 6. The van der Waals surface area contributed by atoms with Crippen LogP contribution in [0.5, 0.6) is 0 Å². The van der Waals surface area contributed by atoms with Gasteiger partial charge in [-0.1, -0.05) is 12.8 Å². The third kappa shape index (κ3) is 2.71. The van der Waals surface area contributed by atoms with Crippen molar-refractivity contribution < 1.29 is 0 Å². The Morgan fingerprint density at radius 2 is 2.00 bits per heavy atom. The lowest BCUT2D eigenvalue weighted by Crippen LogP contribution is -2.38. The first kappa shape index (κ1) is 12.8. The average Bonchev–Trinajstić information content (AvgIpc) is 2.70. The molecule has 0 radical (unpaired) electrons. The second-order valence-electron chi connectivity index (χ2n) is 4.99. The number of guanidine groups is 1. The lowest BCUT2D eigenvalue weighted by atomic mass is 10.2. The number of nitrogens with two attached hydrogens (primary N) is 1. The maximum atomic E-state index is 6.08. The van der Waals surface area contributed by atoms with Crippen LogP contribution >= 0.6 is 0 Å². The minimum Gasteiger partial charge on any atom is -0.370 e. The number of aromatic nitrogens is 4. The van der Waals surface area contributed by atoms with Crippen LogP contribution < -0.4 is 5.73 Å². The molecule has 0 aliphatic carbocycles. The molecule has 20 heavy (non-hydrogen) atoms. The monoisotopic (exact) mass is 273 g/mol. The van der Waals surface area contributed by atoms with Crippen LogP contribution in [0.4, 0.5) is 0 Å². The molecule has 2 N–H and O–H groups in total. The van der Waals surface area contributed by atoms with Crippen LogP contribution in [0.3, 0.4) is 0 Å². The molecule has 7 heteroatoms. The van der Waals surface area contributed by atoms with Crippen molar-refractivity contribution in [2.24, 2.45) is 10.7 Å². The molecule has 0 spiro atoms. The second kappa shape index (κ2) is 5.85. The summed E-state index contributed by atoms with van der Waals surface area (Å²) in [6.45, 7) is 2.39. The number of fused-ring (bicyclic) bond motifs is 1. The third-order valence-corrected chi connectivity index (χ3v) is 3.56. The van der Waals surface area contributed by atoms with E-state index < -0.39 is 0 Å². The lowest BCUT2D eigenvalue weighted by molar-refractivity contribution is 0.428. The van der Waals surface area contributed by atoms with Crippen LogP contribution in [0.1, 0.15) is 31.5 Å². The normalized spacial score (nSPS) is 17.4. The Morgan fingerprint density at radius 1 is 1.20 bits per heavy atom. The van der Waals surface area contributed by atoms with Crippen molar-refractivity contribution in [1.82, 2.24) is 24.7 Å². The predicted octanol–water partition coefficient (Wildman–Crippen LogP) is 0.815. The summed E-state index contributed by atoms with van der Waals surface area (Å²) >= 11 is 0. The van der Waals surface area contributed by atoms with Gasteiger partial charge in [-0.2, -0.15) is 9.61 Å². The van der Waals surface area contributed by atoms with Crippen molar-refractivity contribution in [2.75, 3.05) is 13.1 Å². The van der Waals surface area contributed by atoms with Gasteiger partial charge in [0.15, 0.2) is 17.4 Å². The lowest BCUT2D eigenvalue weighted by Gasteiger charge is -2.20. The quantitative estimate of drug-likeness (QED) is 0.646. The van der Waals surface area contributed by atoms with E-state index in [2.05, 4.69) is 25.2 Å². The second-order valence-corrected chi connectivity index (χ2v) is 4.99. The van der Waals surface area contributed by atoms with E-state index in [1.807, 2.05) is 12.1 Å². The first-order valence-electron chi connectivity index (χ1n) is 7.05. The summed E-state index contributed by atoms with van der Waals surface area (Å²) in [5.41, 5.74) is 6.80. The van der Waals surface area contributed by atoms with E-state index in [1.54, 1.807) is 10.7 Å². The van der Waals surface area contributed by atoms with Crippen molar-refractivity contribution in [2.45, 2.75) is 32.2 Å². The highest BCUT2D eigenvalue weighted by atomic mass is 15.4. The molecule has 0 atom stereocenters. The molecular formula is C13H19N7. The summed E-state index contributed by atoms with van der Waals surface area (Å²) in [5, 5.41) is 12.4. The molecule has 2 aromatic rings. The SMILES string of the molecule is NC(=NCc1nnc2cccnn12)N1CCCCCC1. The maximum Gasteiger partial charge on any atom is 0.191 e. The summed E-state index contributed by atoms with van der Waals surface area (Å²) in [4.78, 5) is 6.60. The Kier molecular flexibility index (Phi) is 3.76. The Bertz CT molecular complexity index is 596. The topological polar surface area (TPSA) is 84.7 Å². The zero-order valence-electron chi connectivity index (χ0n) is 11.4. The van der Waals surface area contributed by atoms with Gasteiger partial charge in [0.1, 0.15) is 6.54 Å². The molecule has 0 unspecified atom stereocenters. The van der Waals surface area contributed by atoms with Crippen LogP contribution in [-0.4, -0.2) is 43.8 Å². The van der Waals surface area contributed by atoms with Gasteiger partial charge in [-0.15, -0.1) is 10.2 Å². The van der Waals surface area contributed by atoms with E-state index in [4.69, 9.17) is 5.73 Å². The number of hydrogen-bond acceptors (Lipinski definition) is 4. The predicted molar refractivity (Wildman–Crippen MR) is 76.1 cm³/mol. The van der Waals surface area contributed by atoms with Gasteiger partial charge < -0.3 is 10.6 Å². The van der Waals surface area contributed by atoms with Crippen LogP contribution in [0.15, 0.2) is 23.3 Å². The first-order chi connectivity index (χ1) is 9.84. The molecule has 0 aromatic carbocycles. The van der Waals surface area contributed by atoms with Gasteiger partial charge in [-0.3, -0.25) is 0 Å². The van der Waals surface area contributed by atoms with E-state index in [1.165, 1.54) is 25.7 Å². The van der Waals surface area contributed by atoms with E-state index in [-0.39, 0.29) is 0 Å². The van der Waals surface area contributed by atoms with Gasteiger partial charge in [-0.05, 0) is 25.0 Å². The van der Waals surface area contributed by atoms with Crippen molar-refractivity contribution in [3.05, 3.63) is 24.2 Å². The fourth-order valence-corrected chi connectivity index (χ4v) is 2.44. The van der Waals surface area contributed by atoms with Crippen molar-refractivity contribution in [1.29, 1.82) is 0 Å². The van der Waals surface area contributed by atoms with Gasteiger partial charge in [0, 0.05) is 19.3 Å². The van der Waals surface area contributed by atoms with Gasteiger partial charge in [0.2, 0.25) is 0 Å². The highest BCUT2D eigenvalue weighted by Gasteiger charge is 2.11. The zero-order valence-corrected chi connectivity index (χ0v) is 11.4. The highest BCUT2D eigenvalue weighted by molar-refractivity contribution is 5.78. The number of likely N-dealkylation sites (tertiary alicyclic amines) is 1. The summed E-state index contributed by atoms with van der Waals surface area (Å²) in [6.07, 6.45) is 6.64. The van der Waals surface area contributed by atoms with Crippen molar-refractivity contribution >= 4 is 11.6 Å². The smallest absolute Gasteiger partial charge is 0.191 e. The Morgan fingerprint density at radius 3 is 2.80 bits per heavy atom. The minimum absolute atomic E-state index is 0.403. The number of hydrogen-bond donors (Lipinski definition) is 1. The molecule has 1 saturated heterocycles. The molecule has 1 aliphatic rings. The van der Waals surface area contributed by atoms with E-state index in [9.17, 15) is 0 Å². The number of rotatable bonds is 2. The molecular weight excluding hydrogens is 254 g/mol. The van der Waals surface area contributed by atoms with Gasteiger partial charge in [-0.25, -0.2) is 4.99 Å². The zero-order chi connectivity index (χ0) is 13.8. The third-order valence-electron chi connectivity index (χ3n) is 3.56. The summed E-state index contributed by atoms with van der Waals surface area (Å²) in [6, 6.07) is 3.70. The fraction of sp³-hybridized carbons (Fsp3) is 0.538. The van der Waals surface area contributed by atoms with Crippen LogP contribution in [-0.2, 0) is 6.54 Å². The molecule has 3 heterocycles.